The van der Waals surface area contributed by atoms with Gasteiger partial charge in [-0.2, -0.15) is 0 Å². The van der Waals surface area contributed by atoms with Crippen molar-refractivity contribution in [1.29, 1.82) is 0 Å². The van der Waals surface area contributed by atoms with E-state index in [4.69, 9.17) is 5.73 Å². The summed E-state index contributed by atoms with van der Waals surface area (Å²) in [5, 5.41) is 0. The number of benzene rings is 1. The highest BCUT2D eigenvalue weighted by Crippen LogP contribution is 2.18. The average molecular weight is 206 g/mol. The lowest BCUT2D eigenvalue weighted by Crippen LogP contribution is -2.25. The molecule has 0 heterocycles. The normalized spacial score (nSPS) is 10.4. The molecule has 0 radical (unpaired) electrons. The van der Waals surface area contributed by atoms with E-state index >= 15 is 0 Å². The molecule has 0 aliphatic rings. The van der Waals surface area contributed by atoms with Crippen molar-refractivity contribution in [2.24, 2.45) is 5.73 Å². The van der Waals surface area contributed by atoms with Gasteiger partial charge in [0.15, 0.2) is 0 Å². The van der Waals surface area contributed by atoms with E-state index in [0.29, 0.717) is 0 Å². The Kier molecular flexibility index (Phi) is 4.63. The smallest absolute Gasteiger partial charge is 0.0368 e. The molecular weight excluding hydrogens is 184 g/mol. The molecule has 84 valence electrons. The van der Waals surface area contributed by atoms with Gasteiger partial charge in [-0.3, -0.25) is 0 Å². The summed E-state index contributed by atoms with van der Waals surface area (Å²) in [6.45, 7) is 9.36. The summed E-state index contributed by atoms with van der Waals surface area (Å²) in [6, 6.07) is 6.65. The Balaban J connectivity index is 2.78. The zero-order valence-corrected chi connectivity index (χ0v) is 10.1. The van der Waals surface area contributed by atoms with Gasteiger partial charge in [0.25, 0.3) is 0 Å². The largest absolute Gasteiger partial charge is 0.372 e. The quantitative estimate of drug-likeness (QED) is 0.802. The van der Waals surface area contributed by atoms with Crippen molar-refractivity contribution in [3.8, 4) is 0 Å². The van der Waals surface area contributed by atoms with Crippen LogP contribution in [0.25, 0.3) is 0 Å². The van der Waals surface area contributed by atoms with Crippen molar-refractivity contribution >= 4 is 5.69 Å². The minimum Gasteiger partial charge on any atom is -0.372 e. The van der Waals surface area contributed by atoms with Gasteiger partial charge in [-0.05, 0) is 57.0 Å². The van der Waals surface area contributed by atoms with Gasteiger partial charge in [0.05, 0.1) is 0 Å². The molecule has 1 aromatic rings. The minimum atomic E-state index is 0.765. The fourth-order valence-corrected chi connectivity index (χ4v) is 1.67. The third-order valence-corrected chi connectivity index (χ3v) is 2.87. The van der Waals surface area contributed by atoms with Crippen molar-refractivity contribution in [1.82, 2.24) is 0 Å². The van der Waals surface area contributed by atoms with E-state index in [-0.39, 0.29) is 0 Å². The van der Waals surface area contributed by atoms with Crippen LogP contribution in [0.3, 0.4) is 0 Å². The molecule has 0 unspecified atom stereocenters. The van der Waals surface area contributed by atoms with E-state index in [1.807, 2.05) is 0 Å². The SMILES string of the molecule is CCN(CCCN)c1ccc(C)c(C)c1. The first kappa shape index (κ1) is 12.1. The number of nitrogens with two attached hydrogens (primary N) is 1. The lowest BCUT2D eigenvalue weighted by atomic mass is 10.1. The molecule has 2 nitrogen and oxygen atoms in total. The Morgan fingerprint density at radius 2 is 1.93 bits per heavy atom. The summed E-state index contributed by atoms with van der Waals surface area (Å²) in [5.74, 6) is 0. The second kappa shape index (κ2) is 5.76. The highest BCUT2D eigenvalue weighted by molar-refractivity contribution is 5.50. The molecular formula is C13H22N2. The van der Waals surface area contributed by atoms with Crippen LogP contribution in [-0.4, -0.2) is 19.6 Å². The molecule has 0 bridgehead atoms. The Morgan fingerprint density at radius 3 is 2.47 bits per heavy atom. The van der Waals surface area contributed by atoms with Crippen LogP contribution in [0.5, 0.6) is 0 Å². The van der Waals surface area contributed by atoms with Crippen molar-refractivity contribution in [3.63, 3.8) is 0 Å². The number of hydrogen-bond acceptors (Lipinski definition) is 2. The van der Waals surface area contributed by atoms with E-state index in [9.17, 15) is 0 Å². The molecule has 15 heavy (non-hydrogen) atoms. The van der Waals surface area contributed by atoms with Crippen molar-refractivity contribution in [3.05, 3.63) is 29.3 Å². The summed E-state index contributed by atoms with van der Waals surface area (Å²) >= 11 is 0. The van der Waals surface area contributed by atoms with Crippen molar-refractivity contribution < 1.29 is 0 Å². The number of nitrogens with zero attached hydrogens (tertiary/aromatic N) is 1. The molecule has 0 saturated carbocycles. The first-order chi connectivity index (χ1) is 7.19. The maximum atomic E-state index is 5.54. The molecule has 0 aliphatic carbocycles. The molecule has 2 heteroatoms. The third kappa shape index (κ3) is 3.24. The van der Waals surface area contributed by atoms with E-state index in [0.717, 1.165) is 26.1 Å². The fraction of sp³-hybridized carbons (Fsp3) is 0.538. The van der Waals surface area contributed by atoms with Gasteiger partial charge in [-0.1, -0.05) is 6.07 Å². The molecule has 0 fully saturated rings. The summed E-state index contributed by atoms with van der Waals surface area (Å²) in [7, 11) is 0. The highest BCUT2D eigenvalue weighted by atomic mass is 15.1. The van der Waals surface area contributed by atoms with Gasteiger partial charge in [0, 0.05) is 18.8 Å². The van der Waals surface area contributed by atoms with Gasteiger partial charge in [-0.15, -0.1) is 0 Å². The predicted molar refractivity (Wildman–Crippen MR) is 67.5 cm³/mol. The van der Waals surface area contributed by atoms with Crippen LogP contribution < -0.4 is 10.6 Å². The third-order valence-electron chi connectivity index (χ3n) is 2.87. The highest BCUT2D eigenvalue weighted by Gasteiger charge is 2.04. The first-order valence-electron chi connectivity index (χ1n) is 5.71. The summed E-state index contributed by atoms with van der Waals surface area (Å²) < 4.78 is 0. The van der Waals surface area contributed by atoms with Gasteiger partial charge in [0.1, 0.15) is 0 Å². The molecule has 0 saturated heterocycles. The van der Waals surface area contributed by atoms with Crippen molar-refractivity contribution in [2.45, 2.75) is 27.2 Å². The Bertz CT molecular complexity index is 307. The predicted octanol–water partition coefficient (Wildman–Crippen LogP) is 2.48. The average Bonchev–Trinajstić information content (AvgIpc) is 2.24. The standard InChI is InChI=1S/C13H22N2/c1-4-15(9-5-8-14)13-7-6-11(2)12(3)10-13/h6-7,10H,4-5,8-9,14H2,1-3H3. The van der Waals surface area contributed by atoms with Crippen LogP contribution >= 0.6 is 0 Å². The maximum Gasteiger partial charge on any atom is 0.0368 e. The van der Waals surface area contributed by atoms with Gasteiger partial charge in [-0.25, -0.2) is 0 Å². The van der Waals surface area contributed by atoms with Gasteiger partial charge in [0.2, 0.25) is 0 Å². The second-order valence-electron chi connectivity index (χ2n) is 3.99. The molecule has 0 aliphatic heterocycles. The lowest BCUT2D eigenvalue weighted by molar-refractivity contribution is 0.754. The van der Waals surface area contributed by atoms with E-state index in [2.05, 4.69) is 43.9 Å². The fourth-order valence-electron chi connectivity index (χ4n) is 1.67. The molecule has 0 amide bonds. The van der Waals surface area contributed by atoms with Crippen LogP contribution in [0.15, 0.2) is 18.2 Å². The molecule has 0 spiro atoms. The Labute approximate surface area is 93.1 Å². The summed E-state index contributed by atoms with van der Waals surface area (Å²) in [5.41, 5.74) is 9.57. The van der Waals surface area contributed by atoms with Crippen LogP contribution in [0, 0.1) is 13.8 Å². The van der Waals surface area contributed by atoms with E-state index in [1.165, 1.54) is 16.8 Å². The lowest BCUT2D eigenvalue weighted by Gasteiger charge is -2.23. The summed E-state index contributed by atoms with van der Waals surface area (Å²) in [4.78, 5) is 2.37. The molecule has 0 atom stereocenters. The van der Waals surface area contributed by atoms with E-state index in [1.54, 1.807) is 0 Å². The van der Waals surface area contributed by atoms with Crippen LogP contribution in [0.1, 0.15) is 24.5 Å². The second-order valence-corrected chi connectivity index (χ2v) is 3.99. The zero-order valence-electron chi connectivity index (χ0n) is 10.1. The van der Waals surface area contributed by atoms with Crippen LogP contribution in [0.4, 0.5) is 5.69 Å². The zero-order chi connectivity index (χ0) is 11.3. The summed E-state index contributed by atoms with van der Waals surface area (Å²) in [6.07, 6.45) is 1.06. The molecule has 0 aromatic heterocycles. The van der Waals surface area contributed by atoms with Gasteiger partial charge < -0.3 is 10.6 Å². The van der Waals surface area contributed by atoms with Gasteiger partial charge >= 0.3 is 0 Å². The Hall–Kier alpha value is -1.02. The molecule has 1 aromatic carbocycles. The first-order valence-corrected chi connectivity index (χ1v) is 5.71. The molecule has 1 rings (SSSR count). The number of hydrogen-bond donors (Lipinski definition) is 1. The van der Waals surface area contributed by atoms with E-state index < -0.39 is 0 Å². The topological polar surface area (TPSA) is 29.3 Å². The monoisotopic (exact) mass is 206 g/mol. The van der Waals surface area contributed by atoms with Crippen LogP contribution in [-0.2, 0) is 0 Å². The molecule has 2 N–H and O–H groups in total. The minimum absolute atomic E-state index is 0.765. The number of rotatable bonds is 5. The number of aryl methyl sites for hydroxylation is 2. The Morgan fingerprint density at radius 1 is 1.20 bits per heavy atom. The number of anilines is 1. The van der Waals surface area contributed by atoms with Crippen LogP contribution in [0.2, 0.25) is 0 Å². The maximum absolute atomic E-state index is 5.54. The van der Waals surface area contributed by atoms with Crippen molar-refractivity contribution in [2.75, 3.05) is 24.5 Å².